The first-order valence-corrected chi connectivity index (χ1v) is 6.50. The molecule has 98 valence electrons. The quantitative estimate of drug-likeness (QED) is 0.925. The largest absolute Gasteiger partial charge is 0.481 e. The highest BCUT2D eigenvalue weighted by Crippen LogP contribution is 2.43. The monoisotopic (exact) mass is 313 g/mol. The summed E-state index contributed by atoms with van der Waals surface area (Å²) in [6, 6.07) is 7.59. The Labute approximate surface area is 115 Å². The molecule has 1 atom stereocenters. The van der Waals surface area contributed by atoms with E-state index in [1.165, 1.54) is 0 Å². The highest BCUT2D eigenvalue weighted by molar-refractivity contribution is 9.10. The highest BCUT2D eigenvalue weighted by atomic mass is 79.9. The molecule has 1 aromatic carbocycles. The fraction of sp³-hybridized carbons (Fsp3) is 0.462. The van der Waals surface area contributed by atoms with E-state index in [0.717, 1.165) is 10.0 Å². The SMILES string of the molecule is CN(C)C(c1ccc(Br)cc1)C1(C(=O)O)COC1. The smallest absolute Gasteiger partial charge is 0.316 e. The minimum Gasteiger partial charge on any atom is -0.481 e. The van der Waals surface area contributed by atoms with Crippen LogP contribution >= 0.6 is 15.9 Å². The van der Waals surface area contributed by atoms with Crippen molar-refractivity contribution in [2.24, 2.45) is 5.41 Å². The van der Waals surface area contributed by atoms with Crippen LogP contribution in [0.2, 0.25) is 0 Å². The molecular weight excluding hydrogens is 298 g/mol. The molecule has 0 spiro atoms. The van der Waals surface area contributed by atoms with E-state index in [4.69, 9.17) is 4.74 Å². The summed E-state index contributed by atoms with van der Waals surface area (Å²) >= 11 is 3.39. The van der Waals surface area contributed by atoms with E-state index in [0.29, 0.717) is 0 Å². The van der Waals surface area contributed by atoms with Crippen LogP contribution in [0.3, 0.4) is 0 Å². The van der Waals surface area contributed by atoms with Gasteiger partial charge in [0.2, 0.25) is 0 Å². The van der Waals surface area contributed by atoms with Crippen molar-refractivity contribution >= 4 is 21.9 Å². The van der Waals surface area contributed by atoms with E-state index in [-0.39, 0.29) is 19.3 Å². The predicted octanol–water partition coefficient (Wildman–Crippen LogP) is 2.15. The van der Waals surface area contributed by atoms with Crippen LogP contribution in [0, 0.1) is 5.41 Å². The molecule has 1 saturated heterocycles. The average molecular weight is 314 g/mol. The molecule has 0 bridgehead atoms. The molecule has 1 aliphatic heterocycles. The van der Waals surface area contributed by atoms with Gasteiger partial charge in [-0.3, -0.25) is 4.79 Å². The number of carboxylic acid groups (broad SMARTS) is 1. The van der Waals surface area contributed by atoms with Gasteiger partial charge in [0, 0.05) is 4.47 Å². The summed E-state index contributed by atoms with van der Waals surface area (Å²) in [7, 11) is 3.80. The number of rotatable bonds is 4. The van der Waals surface area contributed by atoms with Crippen molar-refractivity contribution in [3.8, 4) is 0 Å². The van der Waals surface area contributed by atoms with Gasteiger partial charge in [-0.1, -0.05) is 28.1 Å². The second kappa shape index (κ2) is 4.99. The van der Waals surface area contributed by atoms with Gasteiger partial charge in [0.1, 0.15) is 5.41 Å². The second-order valence-electron chi connectivity index (χ2n) is 4.87. The Morgan fingerprint density at radius 3 is 2.28 bits per heavy atom. The molecule has 4 nitrogen and oxygen atoms in total. The topological polar surface area (TPSA) is 49.8 Å². The first kappa shape index (κ1) is 13.5. The van der Waals surface area contributed by atoms with Crippen LogP contribution in [0.25, 0.3) is 0 Å². The molecule has 0 radical (unpaired) electrons. The van der Waals surface area contributed by atoms with Gasteiger partial charge in [0.25, 0.3) is 0 Å². The first-order valence-electron chi connectivity index (χ1n) is 5.70. The molecule has 1 N–H and O–H groups in total. The third-order valence-corrected chi connectivity index (χ3v) is 3.90. The van der Waals surface area contributed by atoms with Gasteiger partial charge in [-0.05, 0) is 31.8 Å². The number of hydrogen-bond acceptors (Lipinski definition) is 3. The minimum atomic E-state index is -0.836. The van der Waals surface area contributed by atoms with Crippen molar-refractivity contribution in [3.05, 3.63) is 34.3 Å². The number of hydrogen-bond donors (Lipinski definition) is 1. The van der Waals surface area contributed by atoms with E-state index >= 15 is 0 Å². The van der Waals surface area contributed by atoms with Gasteiger partial charge >= 0.3 is 5.97 Å². The van der Waals surface area contributed by atoms with Crippen molar-refractivity contribution < 1.29 is 14.6 Å². The molecule has 5 heteroatoms. The predicted molar refractivity (Wildman–Crippen MR) is 71.5 cm³/mol. The first-order chi connectivity index (χ1) is 8.47. The Bertz CT molecular complexity index is 440. The minimum absolute atomic E-state index is 0.183. The summed E-state index contributed by atoms with van der Waals surface area (Å²) in [6.45, 7) is 0.530. The van der Waals surface area contributed by atoms with Crippen LogP contribution in [0.1, 0.15) is 11.6 Å². The summed E-state index contributed by atoms with van der Waals surface area (Å²) in [5.74, 6) is -0.796. The third kappa shape index (κ3) is 2.18. The molecule has 0 amide bonds. The van der Waals surface area contributed by atoms with Crippen molar-refractivity contribution in [3.63, 3.8) is 0 Å². The fourth-order valence-electron chi connectivity index (χ4n) is 2.48. The van der Waals surface area contributed by atoms with Crippen LogP contribution in [0.15, 0.2) is 28.7 Å². The molecule has 1 heterocycles. The Morgan fingerprint density at radius 2 is 1.94 bits per heavy atom. The molecule has 0 saturated carbocycles. The van der Waals surface area contributed by atoms with Crippen molar-refractivity contribution in [2.45, 2.75) is 6.04 Å². The van der Waals surface area contributed by atoms with E-state index in [1.807, 2.05) is 43.3 Å². The van der Waals surface area contributed by atoms with Gasteiger partial charge < -0.3 is 14.7 Å². The molecule has 1 unspecified atom stereocenters. The van der Waals surface area contributed by atoms with Crippen molar-refractivity contribution in [1.82, 2.24) is 4.90 Å². The maximum atomic E-state index is 11.6. The van der Waals surface area contributed by atoms with Gasteiger partial charge in [-0.25, -0.2) is 0 Å². The molecule has 0 aliphatic carbocycles. The third-order valence-electron chi connectivity index (χ3n) is 3.37. The standard InChI is InChI=1S/C13H16BrNO3/c1-15(2)11(9-3-5-10(14)6-4-9)13(12(16)17)7-18-8-13/h3-6,11H,7-8H2,1-2H3,(H,16,17). The molecule has 1 aromatic rings. The van der Waals surface area contributed by atoms with Gasteiger partial charge in [-0.2, -0.15) is 0 Å². The lowest BCUT2D eigenvalue weighted by Gasteiger charge is -2.46. The molecule has 2 rings (SSSR count). The van der Waals surface area contributed by atoms with E-state index in [9.17, 15) is 9.90 Å². The molecule has 18 heavy (non-hydrogen) atoms. The molecule has 0 aromatic heterocycles. The summed E-state index contributed by atoms with van der Waals surface area (Å²) in [5.41, 5.74) is 0.158. The number of nitrogens with zero attached hydrogens (tertiary/aromatic N) is 1. The summed E-state index contributed by atoms with van der Waals surface area (Å²) < 4.78 is 6.14. The normalized spacial score (nSPS) is 19.3. The Morgan fingerprint density at radius 1 is 1.39 bits per heavy atom. The zero-order valence-electron chi connectivity index (χ0n) is 10.4. The van der Waals surface area contributed by atoms with E-state index < -0.39 is 11.4 Å². The van der Waals surface area contributed by atoms with Crippen LogP contribution in [-0.2, 0) is 9.53 Å². The zero-order chi connectivity index (χ0) is 13.3. The molecular formula is C13H16BrNO3. The summed E-state index contributed by atoms with van der Waals surface area (Å²) in [5, 5.41) is 9.50. The number of ether oxygens (including phenoxy) is 1. The zero-order valence-corrected chi connectivity index (χ0v) is 12.0. The van der Waals surface area contributed by atoms with Crippen LogP contribution in [0.4, 0.5) is 0 Å². The number of benzene rings is 1. The lowest BCUT2D eigenvalue weighted by molar-refractivity contribution is -0.193. The summed E-state index contributed by atoms with van der Waals surface area (Å²) in [4.78, 5) is 13.5. The number of halogens is 1. The van der Waals surface area contributed by atoms with Crippen molar-refractivity contribution in [2.75, 3.05) is 27.3 Å². The van der Waals surface area contributed by atoms with E-state index in [2.05, 4.69) is 15.9 Å². The maximum absolute atomic E-state index is 11.6. The van der Waals surface area contributed by atoms with Crippen LogP contribution < -0.4 is 0 Å². The number of aliphatic carboxylic acids is 1. The molecule has 1 fully saturated rings. The van der Waals surface area contributed by atoms with Gasteiger partial charge in [-0.15, -0.1) is 0 Å². The Hall–Kier alpha value is -0.910. The van der Waals surface area contributed by atoms with Gasteiger partial charge in [0.15, 0.2) is 0 Å². The Kier molecular flexibility index (Phi) is 3.75. The van der Waals surface area contributed by atoms with Crippen LogP contribution in [0.5, 0.6) is 0 Å². The lowest BCUT2D eigenvalue weighted by atomic mass is 9.74. The molecule has 1 aliphatic rings. The number of carbonyl (C=O) groups is 1. The number of carboxylic acids is 1. The van der Waals surface area contributed by atoms with E-state index in [1.54, 1.807) is 0 Å². The summed E-state index contributed by atoms with van der Waals surface area (Å²) in [6.07, 6.45) is 0. The fourth-order valence-corrected chi connectivity index (χ4v) is 2.74. The van der Waals surface area contributed by atoms with Crippen molar-refractivity contribution in [1.29, 1.82) is 0 Å². The highest BCUT2D eigenvalue weighted by Gasteiger charge is 2.53. The van der Waals surface area contributed by atoms with Crippen LogP contribution in [-0.4, -0.2) is 43.3 Å². The Balaban J connectivity index is 2.39. The lowest BCUT2D eigenvalue weighted by Crippen LogP contribution is -2.56. The maximum Gasteiger partial charge on any atom is 0.316 e. The van der Waals surface area contributed by atoms with Gasteiger partial charge in [0.05, 0.1) is 19.3 Å². The average Bonchev–Trinajstić information content (AvgIpc) is 2.23. The second-order valence-corrected chi connectivity index (χ2v) is 5.79.